The maximum Gasteiger partial charge on any atom is 0.178 e. The van der Waals surface area contributed by atoms with Gasteiger partial charge in [0.2, 0.25) is 0 Å². The summed E-state index contributed by atoms with van der Waals surface area (Å²) >= 11 is 0. The van der Waals surface area contributed by atoms with Gasteiger partial charge in [-0.25, -0.2) is 0 Å². The number of benzene rings is 2. The summed E-state index contributed by atoms with van der Waals surface area (Å²) in [6, 6.07) is 18.6. The van der Waals surface area contributed by atoms with E-state index < -0.39 is 16.0 Å². The number of ketones is 1. The van der Waals surface area contributed by atoms with E-state index in [0.717, 1.165) is 5.56 Å². The van der Waals surface area contributed by atoms with Crippen LogP contribution in [0.1, 0.15) is 22.8 Å². The topological polar surface area (TPSA) is 34.1 Å². The summed E-state index contributed by atoms with van der Waals surface area (Å²) in [5, 5.41) is -0.484. The van der Waals surface area contributed by atoms with Crippen molar-refractivity contribution in [1.29, 1.82) is 0 Å². The van der Waals surface area contributed by atoms with Crippen molar-refractivity contribution >= 4 is 16.6 Å². The molecule has 0 amide bonds. The standard InChI is InChI=1S/C16H16O2S/c1-13(16(17)15-10-6-3-7-11-15)19(18)12-14-8-4-2-5-9-14/h2-11,13H,12H2,1H3. The molecule has 0 saturated carbocycles. The summed E-state index contributed by atoms with van der Waals surface area (Å²) in [6.45, 7) is 1.73. The van der Waals surface area contributed by atoms with Gasteiger partial charge in [-0.1, -0.05) is 60.7 Å². The zero-order chi connectivity index (χ0) is 13.7. The smallest absolute Gasteiger partial charge is 0.178 e. The highest BCUT2D eigenvalue weighted by molar-refractivity contribution is 7.85. The Morgan fingerprint density at radius 1 is 1.00 bits per heavy atom. The summed E-state index contributed by atoms with van der Waals surface area (Å²) in [5.41, 5.74) is 1.62. The molecule has 0 aliphatic rings. The summed E-state index contributed by atoms with van der Waals surface area (Å²) in [4.78, 5) is 12.2. The molecule has 0 spiro atoms. The molecule has 2 rings (SSSR count). The minimum atomic E-state index is -1.20. The van der Waals surface area contributed by atoms with Gasteiger partial charge in [-0.05, 0) is 12.5 Å². The number of carbonyl (C=O) groups excluding carboxylic acids is 1. The van der Waals surface area contributed by atoms with Gasteiger partial charge in [-0.3, -0.25) is 9.00 Å². The van der Waals surface area contributed by atoms with E-state index >= 15 is 0 Å². The van der Waals surface area contributed by atoms with Crippen LogP contribution < -0.4 is 0 Å². The van der Waals surface area contributed by atoms with E-state index in [1.165, 1.54) is 0 Å². The van der Waals surface area contributed by atoms with Crippen LogP contribution in [-0.2, 0) is 16.6 Å². The van der Waals surface area contributed by atoms with Crippen molar-refractivity contribution in [2.24, 2.45) is 0 Å². The molecule has 98 valence electrons. The molecule has 0 heterocycles. The molecule has 0 N–H and O–H groups in total. The monoisotopic (exact) mass is 272 g/mol. The Labute approximate surface area is 115 Å². The van der Waals surface area contributed by atoms with Gasteiger partial charge in [-0.2, -0.15) is 0 Å². The molecule has 19 heavy (non-hydrogen) atoms. The lowest BCUT2D eigenvalue weighted by Gasteiger charge is -2.10. The highest BCUT2D eigenvalue weighted by Gasteiger charge is 2.21. The van der Waals surface area contributed by atoms with Crippen molar-refractivity contribution in [1.82, 2.24) is 0 Å². The van der Waals surface area contributed by atoms with Crippen LogP contribution >= 0.6 is 0 Å². The predicted molar refractivity (Wildman–Crippen MR) is 78.5 cm³/mol. The molecule has 0 fully saturated rings. The Hall–Kier alpha value is -1.74. The Balaban J connectivity index is 2.06. The van der Waals surface area contributed by atoms with Crippen LogP contribution in [0, 0.1) is 0 Å². The van der Waals surface area contributed by atoms with Crippen molar-refractivity contribution in [3.63, 3.8) is 0 Å². The van der Waals surface area contributed by atoms with Gasteiger partial charge in [0.05, 0.1) is 5.25 Å². The Morgan fingerprint density at radius 2 is 1.53 bits per heavy atom. The van der Waals surface area contributed by atoms with Crippen molar-refractivity contribution in [2.45, 2.75) is 17.9 Å². The quantitative estimate of drug-likeness (QED) is 0.783. The van der Waals surface area contributed by atoms with E-state index in [-0.39, 0.29) is 5.78 Å². The fourth-order valence-electron chi connectivity index (χ4n) is 1.82. The molecule has 0 aromatic heterocycles. The third-order valence-corrected chi connectivity index (χ3v) is 4.59. The lowest BCUT2D eigenvalue weighted by molar-refractivity contribution is 0.0992. The van der Waals surface area contributed by atoms with E-state index in [2.05, 4.69) is 0 Å². The lowest BCUT2D eigenvalue weighted by atomic mass is 10.1. The van der Waals surface area contributed by atoms with E-state index in [1.807, 2.05) is 48.5 Å². The van der Waals surface area contributed by atoms with Crippen LogP contribution in [0.2, 0.25) is 0 Å². The van der Waals surface area contributed by atoms with E-state index in [4.69, 9.17) is 0 Å². The van der Waals surface area contributed by atoms with Crippen LogP contribution in [0.3, 0.4) is 0 Å². The average Bonchev–Trinajstić information content (AvgIpc) is 2.47. The normalized spacial score (nSPS) is 13.7. The minimum Gasteiger partial charge on any atom is -0.293 e. The Bertz CT molecular complexity index is 564. The molecule has 0 aliphatic heterocycles. The number of Topliss-reactive ketones (excluding diaryl/α,β-unsaturated/α-hetero) is 1. The predicted octanol–water partition coefficient (Wildman–Crippen LogP) is 3.21. The molecule has 2 aromatic rings. The third-order valence-electron chi connectivity index (χ3n) is 2.97. The molecule has 0 saturated heterocycles. The highest BCUT2D eigenvalue weighted by atomic mass is 32.2. The zero-order valence-electron chi connectivity index (χ0n) is 10.8. The summed E-state index contributed by atoms with van der Waals surface area (Å²) < 4.78 is 12.2. The van der Waals surface area contributed by atoms with Crippen molar-refractivity contribution in [2.75, 3.05) is 0 Å². The second kappa shape index (κ2) is 6.43. The molecule has 0 bridgehead atoms. The van der Waals surface area contributed by atoms with Gasteiger partial charge in [0.25, 0.3) is 0 Å². The molecule has 0 aliphatic carbocycles. The second-order valence-electron chi connectivity index (χ2n) is 4.38. The maximum atomic E-state index is 12.2. The van der Waals surface area contributed by atoms with Gasteiger partial charge < -0.3 is 0 Å². The highest BCUT2D eigenvalue weighted by Crippen LogP contribution is 2.12. The first-order valence-electron chi connectivity index (χ1n) is 6.19. The largest absolute Gasteiger partial charge is 0.293 e. The lowest BCUT2D eigenvalue weighted by Crippen LogP contribution is -2.23. The summed E-state index contributed by atoms with van der Waals surface area (Å²) in [5.74, 6) is 0.357. The zero-order valence-corrected chi connectivity index (χ0v) is 11.6. The molecule has 3 heteroatoms. The molecule has 0 radical (unpaired) electrons. The fourth-order valence-corrected chi connectivity index (χ4v) is 2.97. The minimum absolute atomic E-state index is 0.0603. The van der Waals surface area contributed by atoms with Crippen LogP contribution in [0.15, 0.2) is 60.7 Å². The maximum absolute atomic E-state index is 12.2. The first kappa shape index (κ1) is 13.7. The first-order chi connectivity index (χ1) is 9.18. The number of rotatable bonds is 5. The number of carbonyl (C=O) groups is 1. The Morgan fingerprint density at radius 3 is 2.11 bits per heavy atom. The molecular weight excluding hydrogens is 256 g/mol. The van der Waals surface area contributed by atoms with E-state index in [1.54, 1.807) is 19.1 Å². The number of hydrogen-bond acceptors (Lipinski definition) is 2. The van der Waals surface area contributed by atoms with Crippen molar-refractivity contribution < 1.29 is 9.00 Å². The number of hydrogen-bond donors (Lipinski definition) is 0. The first-order valence-corrected chi connectivity index (χ1v) is 7.57. The van der Waals surface area contributed by atoms with Gasteiger partial charge in [0.15, 0.2) is 5.78 Å². The molecule has 2 nitrogen and oxygen atoms in total. The van der Waals surface area contributed by atoms with Gasteiger partial charge >= 0.3 is 0 Å². The molecule has 2 aromatic carbocycles. The molecule has 2 unspecified atom stereocenters. The van der Waals surface area contributed by atoms with Gasteiger partial charge in [0, 0.05) is 22.1 Å². The van der Waals surface area contributed by atoms with Crippen LogP contribution in [0.5, 0.6) is 0 Å². The van der Waals surface area contributed by atoms with Crippen LogP contribution in [-0.4, -0.2) is 15.2 Å². The van der Waals surface area contributed by atoms with Crippen molar-refractivity contribution in [3.8, 4) is 0 Å². The SMILES string of the molecule is CC(C(=O)c1ccccc1)S(=O)Cc1ccccc1. The third kappa shape index (κ3) is 3.61. The fraction of sp³-hybridized carbons (Fsp3) is 0.188. The van der Waals surface area contributed by atoms with Crippen LogP contribution in [0.4, 0.5) is 0 Å². The summed E-state index contributed by atoms with van der Waals surface area (Å²) in [6.07, 6.45) is 0. The van der Waals surface area contributed by atoms with E-state index in [0.29, 0.717) is 11.3 Å². The van der Waals surface area contributed by atoms with Crippen molar-refractivity contribution in [3.05, 3.63) is 71.8 Å². The second-order valence-corrected chi connectivity index (χ2v) is 6.14. The summed E-state index contributed by atoms with van der Waals surface area (Å²) in [7, 11) is -1.20. The molecule has 2 atom stereocenters. The Kier molecular flexibility index (Phi) is 4.63. The van der Waals surface area contributed by atoms with Gasteiger partial charge in [0.1, 0.15) is 0 Å². The van der Waals surface area contributed by atoms with Gasteiger partial charge in [-0.15, -0.1) is 0 Å². The van der Waals surface area contributed by atoms with E-state index in [9.17, 15) is 9.00 Å². The van der Waals surface area contributed by atoms with Crippen LogP contribution in [0.25, 0.3) is 0 Å². The molecular formula is C16H16O2S. The average molecular weight is 272 g/mol.